The van der Waals surface area contributed by atoms with Crippen LogP contribution in [0.25, 0.3) is 17.0 Å². The minimum absolute atomic E-state index is 0.0637. The zero-order valence-corrected chi connectivity index (χ0v) is 17.1. The lowest BCUT2D eigenvalue weighted by atomic mass is 10.1. The van der Waals surface area contributed by atoms with E-state index in [1.807, 2.05) is 30.4 Å². The third-order valence-corrected chi connectivity index (χ3v) is 5.57. The molecule has 2 aromatic carbocycles. The Morgan fingerprint density at radius 1 is 1.10 bits per heavy atom. The highest BCUT2D eigenvalue weighted by molar-refractivity contribution is 6.39. The Morgan fingerprint density at radius 2 is 1.97 bits per heavy atom. The zero-order valence-electron chi connectivity index (χ0n) is 15.6. The van der Waals surface area contributed by atoms with Gasteiger partial charge >= 0.3 is 0 Å². The highest BCUT2D eigenvalue weighted by atomic mass is 35.5. The van der Waals surface area contributed by atoms with E-state index in [9.17, 15) is 9.50 Å². The Labute approximate surface area is 178 Å². The van der Waals surface area contributed by atoms with Crippen LogP contribution in [0.1, 0.15) is 17.7 Å². The molecule has 0 spiro atoms. The van der Waals surface area contributed by atoms with Crippen molar-refractivity contribution in [2.45, 2.75) is 13.0 Å². The van der Waals surface area contributed by atoms with E-state index in [1.54, 1.807) is 12.1 Å². The Kier molecular flexibility index (Phi) is 5.86. The maximum absolute atomic E-state index is 13.3. The summed E-state index contributed by atoms with van der Waals surface area (Å²) in [4.78, 5) is 6.76. The monoisotopic (exact) mass is 428 g/mol. The number of fused-ring (bicyclic) bond motifs is 1. The van der Waals surface area contributed by atoms with Gasteiger partial charge < -0.3 is 5.11 Å². The van der Waals surface area contributed by atoms with Crippen molar-refractivity contribution < 1.29 is 9.50 Å². The van der Waals surface area contributed by atoms with Gasteiger partial charge in [-0.25, -0.2) is 9.37 Å². The number of aromatic hydroxyl groups is 1. The number of benzene rings is 2. The van der Waals surface area contributed by atoms with Crippen LogP contribution in [0.15, 0.2) is 60.2 Å². The third-order valence-electron chi connectivity index (χ3n) is 4.97. The first-order valence-corrected chi connectivity index (χ1v) is 10.1. The molecule has 6 heteroatoms. The first-order valence-electron chi connectivity index (χ1n) is 9.31. The standard InChI is InChI=1S/C23H19Cl2FN2O/c24-20-13-21(25)23(29)22-19(20)7-6-18(27-22)5-4-15-8-10-28(11-9-15)14-16-2-1-3-17(26)12-16/h1-8,12-13,29H,9-11,14H2. The summed E-state index contributed by atoms with van der Waals surface area (Å²) < 4.78 is 13.3. The van der Waals surface area contributed by atoms with Crippen LogP contribution in [0, 0.1) is 5.82 Å². The summed E-state index contributed by atoms with van der Waals surface area (Å²) in [5.74, 6) is -0.263. The van der Waals surface area contributed by atoms with E-state index >= 15 is 0 Å². The largest absolute Gasteiger partial charge is 0.504 e. The number of aromatic nitrogens is 1. The predicted molar refractivity (Wildman–Crippen MR) is 117 cm³/mol. The first-order chi connectivity index (χ1) is 14.0. The van der Waals surface area contributed by atoms with Crippen LogP contribution in [0.3, 0.4) is 0 Å². The average Bonchev–Trinajstić information content (AvgIpc) is 2.71. The van der Waals surface area contributed by atoms with E-state index in [1.165, 1.54) is 17.7 Å². The molecule has 1 aliphatic heterocycles. The van der Waals surface area contributed by atoms with Gasteiger partial charge in [-0.1, -0.05) is 47.5 Å². The quantitative estimate of drug-likeness (QED) is 0.534. The Hall–Kier alpha value is -2.40. The molecule has 0 bridgehead atoms. The number of halogens is 3. The van der Waals surface area contributed by atoms with Gasteiger partial charge in [0.2, 0.25) is 0 Å². The lowest BCUT2D eigenvalue weighted by Crippen LogP contribution is -2.28. The zero-order chi connectivity index (χ0) is 20.4. The predicted octanol–water partition coefficient (Wildman–Crippen LogP) is 6.23. The molecule has 0 aliphatic carbocycles. The molecule has 0 radical (unpaired) electrons. The maximum atomic E-state index is 13.3. The summed E-state index contributed by atoms with van der Waals surface area (Å²) in [5.41, 5.74) is 3.31. The second-order valence-corrected chi connectivity index (χ2v) is 7.86. The molecule has 4 rings (SSSR count). The van der Waals surface area contributed by atoms with E-state index in [0.29, 0.717) is 21.6 Å². The molecule has 1 N–H and O–H groups in total. The SMILES string of the molecule is Oc1c(Cl)cc(Cl)c2ccc(C=CC3=CCN(Cc4cccc(F)c4)CC3)nc12. The van der Waals surface area contributed by atoms with Crippen molar-refractivity contribution in [2.75, 3.05) is 13.1 Å². The van der Waals surface area contributed by atoms with Gasteiger partial charge in [0.25, 0.3) is 0 Å². The number of pyridine rings is 1. The molecule has 0 amide bonds. The van der Waals surface area contributed by atoms with Crippen molar-refractivity contribution in [3.8, 4) is 5.75 Å². The number of phenols is 1. The second kappa shape index (κ2) is 8.54. The third kappa shape index (κ3) is 4.61. The van der Waals surface area contributed by atoms with Gasteiger partial charge in [0.05, 0.1) is 15.7 Å². The minimum atomic E-state index is -0.199. The second-order valence-electron chi connectivity index (χ2n) is 7.05. The molecule has 3 nitrogen and oxygen atoms in total. The Balaban J connectivity index is 1.46. The van der Waals surface area contributed by atoms with E-state index in [-0.39, 0.29) is 16.6 Å². The topological polar surface area (TPSA) is 36.4 Å². The number of hydrogen-bond acceptors (Lipinski definition) is 3. The van der Waals surface area contributed by atoms with Gasteiger partial charge in [0.15, 0.2) is 5.75 Å². The van der Waals surface area contributed by atoms with Crippen molar-refractivity contribution >= 4 is 40.2 Å². The molecule has 1 aliphatic rings. The fourth-order valence-electron chi connectivity index (χ4n) is 3.42. The normalized spacial score (nSPS) is 15.2. The van der Waals surface area contributed by atoms with Gasteiger partial charge in [-0.2, -0.15) is 0 Å². The summed E-state index contributed by atoms with van der Waals surface area (Å²) in [7, 11) is 0. The van der Waals surface area contributed by atoms with Crippen molar-refractivity contribution in [2.24, 2.45) is 0 Å². The van der Waals surface area contributed by atoms with Gasteiger partial charge in [-0.3, -0.25) is 4.90 Å². The minimum Gasteiger partial charge on any atom is -0.504 e. The van der Waals surface area contributed by atoms with Crippen LogP contribution < -0.4 is 0 Å². The molecule has 148 valence electrons. The molecular formula is C23H19Cl2FN2O. The van der Waals surface area contributed by atoms with Crippen LogP contribution in [0.2, 0.25) is 10.0 Å². The van der Waals surface area contributed by atoms with Crippen LogP contribution in [-0.2, 0) is 6.54 Å². The lowest BCUT2D eigenvalue weighted by molar-refractivity contribution is 0.287. The molecule has 0 unspecified atom stereocenters. The number of phenolic OH excluding ortho intramolecular Hbond substituents is 1. The number of hydrogen-bond donors (Lipinski definition) is 1. The highest BCUT2D eigenvalue weighted by Crippen LogP contribution is 2.36. The summed E-state index contributed by atoms with van der Waals surface area (Å²) in [6.45, 7) is 2.45. The average molecular weight is 429 g/mol. The fourth-order valence-corrected chi connectivity index (χ4v) is 3.93. The summed E-state index contributed by atoms with van der Waals surface area (Å²) in [6, 6.07) is 11.9. The molecule has 0 atom stereocenters. The Morgan fingerprint density at radius 3 is 2.72 bits per heavy atom. The summed E-state index contributed by atoms with van der Waals surface area (Å²) in [5, 5.41) is 11.5. The van der Waals surface area contributed by atoms with Gasteiger partial charge in [0.1, 0.15) is 11.3 Å². The molecule has 1 aromatic heterocycles. The molecule has 29 heavy (non-hydrogen) atoms. The molecular weight excluding hydrogens is 410 g/mol. The molecule has 0 saturated heterocycles. The number of allylic oxidation sites excluding steroid dienone is 1. The van der Waals surface area contributed by atoms with E-state index < -0.39 is 0 Å². The van der Waals surface area contributed by atoms with Gasteiger partial charge in [0, 0.05) is 25.0 Å². The molecule has 2 heterocycles. The summed E-state index contributed by atoms with van der Waals surface area (Å²) >= 11 is 12.2. The van der Waals surface area contributed by atoms with E-state index in [0.717, 1.165) is 31.6 Å². The number of rotatable bonds is 4. The molecule has 0 fully saturated rings. The lowest BCUT2D eigenvalue weighted by Gasteiger charge is -2.25. The van der Waals surface area contributed by atoms with E-state index in [2.05, 4.69) is 16.0 Å². The highest BCUT2D eigenvalue weighted by Gasteiger charge is 2.12. The number of nitrogens with zero attached hydrogens (tertiary/aromatic N) is 2. The van der Waals surface area contributed by atoms with Crippen LogP contribution in [-0.4, -0.2) is 28.1 Å². The Bertz CT molecular complexity index is 1130. The smallest absolute Gasteiger partial charge is 0.160 e. The van der Waals surface area contributed by atoms with Gasteiger partial charge in [-0.05, 0) is 54.0 Å². The van der Waals surface area contributed by atoms with Crippen LogP contribution in [0.4, 0.5) is 4.39 Å². The summed E-state index contributed by atoms with van der Waals surface area (Å²) in [6.07, 6.45) is 7.03. The van der Waals surface area contributed by atoms with Crippen LogP contribution >= 0.6 is 23.2 Å². The van der Waals surface area contributed by atoms with Crippen LogP contribution in [0.5, 0.6) is 5.75 Å². The van der Waals surface area contributed by atoms with Crippen molar-refractivity contribution in [1.82, 2.24) is 9.88 Å². The first kappa shape index (κ1) is 19.9. The molecule has 0 saturated carbocycles. The van der Waals surface area contributed by atoms with Crippen molar-refractivity contribution in [3.63, 3.8) is 0 Å². The maximum Gasteiger partial charge on any atom is 0.160 e. The van der Waals surface area contributed by atoms with Crippen molar-refractivity contribution in [3.05, 3.63) is 87.3 Å². The van der Waals surface area contributed by atoms with Crippen molar-refractivity contribution in [1.29, 1.82) is 0 Å². The van der Waals surface area contributed by atoms with E-state index in [4.69, 9.17) is 23.2 Å². The fraction of sp³-hybridized carbons (Fsp3) is 0.174. The van der Waals surface area contributed by atoms with Gasteiger partial charge in [-0.15, -0.1) is 0 Å². The molecule has 3 aromatic rings.